The standard InChI is InChI=1S/C11H10N2OS/c1-3-14-10-5-9-11(4-8(10)6-12)15-7(2)13-9/h4-5H,3H2,1-2H3. The fourth-order valence-corrected chi connectivity index (χ4v) is 2.28. The Morgan fingerprint density at radius 3 is 3.00 bits per heavy atom. The van der Waals surface area contributed by atoms with E-state index < -0.39 is 0 Å². The van der Waals surface area contributed by atoms with Crippen LogP contribution in [0, 0.1) is 18.3 Å². The van der Waals surface area contributed by atoms with E-state index in [0.717, 1.165) is 15.2 Å². The average molecular weight is 218 g/mol. The van der Waals surface area contributed by atoms with E-state index in [0.29, 0.717) is 17.9 Å². The van der Waals surface area contributed by atoms with Gasteiger partial charge in [-0.15, -0.1) is 11.3 Å². The molecule has 0 spiro atoms. The highest BCUT2D eigenvalue weighted by molar-refractivity contribution is 7.18. The summed E-state index contributed by atoms with van der Waals surface area (Å²) in [6.07, 6.45) is 0. The summed E-state index contributed by atoms with van der Waals surface area (Å²) in [5.41, 5.74) is 1.48. The molecule has 1 aromatic heterocycles. The molecule has 3 nitrogen and oxygen atoms in total. The highest BCUT2D eigenvalue weighted by atomic mass is 32.1. The molecule has 4 heteroatoms. The fourth-order valence-electron chi connectivity index (χ4n) is 1.43. The van der Waals surface area contributed by atoms with Crippen LogP contribution in [-0.4, -0.2) is 11.6 Å². The van der Waals surface area contributed by atoms with Crippen LogP contribution in [0.1, 0.15) is 17.5 Å². The maximum absolute atomic E-state index is 8.97. The molecule has 2 aromatic rings. The first-order chi connectivity index (χ1) is 7.24. The quantitative estimate of drug-likeness (QED) is 0.778. The molecule has 76 valence electrons. The molecule has 0 aliphatic heterocycles. The molecule has 0 bridgehead atoms. The SMILES string of the molecule is CCOc1cc2nc(C)sc2cc1C#N. The Bertz CT molecular complexity index is 539. The van der Waals surface area contributed by atoms with Crippen molar-refractivity contribution in [2.75, 3.05) is 6.61 Å². The van der Waals surface area contributed by atoms with Gasteiger partial charge in [0, 0.05) is 6.07 Å². The van der Waals surface area contributed by atoms with Crippen molar-refractivity contribution in [3.05, 3.63) is 22.7 Å². The number of thiazole rings is 1. The summed E-state index contributed by atoms with van der Waals surface area (Å²) in [5.74, 6) is 0.623. The minimum atomic E-state index is 0.559. The van der Waals surface area contributed by atoms with Gasteiger partial charge in [-0.1, -0.05) is 0 Å². The maximum atomic E-state index is 8.97. The minimum Gasteiger partial charge on any atom is -0.492 e. The first kappa shape index (κ1) is 9.94. The Hall–Kier alpha value is -1.60. The molecule has 0 amide bonds. The first-order valence-corrected chi connectivity index (χ1v) is 5.50. The van der Waals surface area contributed by atoms with E-state index in [1.807, 2.05) is 26.0 Å². The van der Waals surface area contributed by atoms with Crippen molar-refractivity contribution >= 4 is 21.6 Å². The number of benzene rings is 1. The number of aryl methyl sites for hydroxylation is 1. The summed E-state index contributed by atoms with van der Waals surface area (Å²) in [5, 5.41) is 9.97. The van der Waals surface area contributed by atoms with Crippen LogP contribution in [0.5, 0.6) is 5.75 Å². The molecule has 2 rings (SSSR count). The molecule has 1 aromatic carbocycles. The van der Waals surface area contributed by atoms with Crippen LogP contribution in [0.3, 0.4) is 0 Å². The lowest BCUT2D eigenvalue weighted by Crippen LogP contribution is -1.94. The van der Waals surface area contributed by atoms with Gasteiger partial charge in [-0.2, -0.15) is 5.26 Å². The zero-order valence-electron chi connectivity index (χ0n) is 8.57. The van der Waals surface area contributed by atoms with E-state index >= 15 is 0 Å². The van der Waals surface area contributed by atoms with E-state index in [1.165, 1.54) is 0 Å². The highest BCUT2D eigenvalue weighted by Gasteiger charge is 2.08. The number of nitriles is 1. The number of hydrogen-bond donors (Lipinski definition) is 0. The van der Waals surface area contributed by atoms with E-state index in [2.05, 4.69) is 11.1 Å². The minimum absolute atomic E-state index is 0.559. The number of fused-ring (bicyclic) bond motifs is 1. The van der Waals surface area contributed by atoms with Crippen LogP contribution in [0.15, 0.2) is 12.1 Å². The Morgan fingerprint density at radius 1 is 1.53 bits per heavy atom. The molecule has 0 radical (unpaired) electrons. The Balaban J connectivity index is 2.64. The molecular formula is C11H10N2OS. The van der Waals surface area contributed by atoms with Gasteiger partial charge in [0.15, 0.2) is 0 Å². The molecule has 0 saturated carbocycles. The van der Waals surface area contributed by atoms with E-state index in [-0.39, 0.29) is 0 Å². The summed E-state index contributed by atoms with van der Waals surface area (Å²) < 4.78 is 6.42. The first-order valence-electron chi connectivity index (χ1n) is 4.68. The maximum Gasteiger partial charge on any atom is 0.139 e. The van der Waals surface area contributed by atoms with Gasteiger partial charge in [0.25, 0.3) is 0 Å². The number of ether oxygens (including phenoxy) is 1. The van der Waals surface area contributed by atoms with Gasteiger partial charge in [0.05, 0.1) is 27.4 Å². The van der Waals surface area contributed by atoms with Gasteiger partial charge < -0.3 is 4.74 Å². The van der Waals surface area contributed by atoms with Gasteiger partial charge >= 0.3 is 0 Å². The number of hydrogen-bond acceptors (Lipinski definition) is 4. The lowest BCUT2D eigenvalue weighted by molar-refractivity contribution is 0.339. The molecule has 0 unspecified atom stereocenters. The smallest absolute Gasteiger partial charge is 0.139 e. The van der Waals surface area contributed by atoms with Gasteiger partial charge in [-0.25, -0.2) is 4.98 Å². The van der Waals surface area contributed by atoms with E-state index in [9.17, 15) is 0 Å². The number of aromatic nitrogens is 1. The van der Waals surface area contributed by atoms with Gasteiger partial charge in [0.1, 0.15) is 11.8 Å². The van der Waals surface area contributed by atoms with Crippen LogP contribution < -0.4 is 4.74 Å². The van der Waals surface area contributed by atoms with Crippen LogP contribution >= 0.6 is 11.3 Å². The number of rotatable bonds is 2. The van der Waals surface area contributed by atoms with Crippen LogP contribution in [0.25, 0.3) is 10.2 Å². The van der Waals surface area contributed by atoms with Gasteiger partial charge in [-0.3, -0.25) is 0 Å². The third kappa shape index (κ3) is 1.79. The van der Waals surface area contributed by atoms with Crippen LogP contribution in [0.4, 0.5) is 0 Å². The normalized spacial score (nSPS) is 10.2. The summed E-state index contributed by atoms with van der Waals surface area (Å²) in [6.45, 7) is 4.41. The molecule has 0 aliphatic carbocycles. The summed E-state index contributed by atoms with van der Waals surface area (Å²) >= 11 is 1.59. The Kier molecular flexibility index (Phi) is 2.57. The Labute approximate surface area is 91.9 Å². The third-order valence-corrected chi connectivity index (χ3v) is 2.95. The molecule has 0 atom stereocenters. The largest absolute Gasteiger partial charge is 0.492 e. The monoisotopic (exact) mass is 218 g/mol. The fraction of sp³-hybridized carbons (Fsp3) is 0.273. The second-order valence-corrected chi connectivity index (χ2v) is 4.33. The van der Waals surface area contributed by atoms with Crippen molar-refractivity contribution in [1.82, 2.24) is 4.98 Å². The van der Waals surface area contributed by atoms with Crippen molar-refractivity contribution in [3.8, 4) is 11.8 Å². The lowest BCUT2D eigenvalue weighted by atomic mass is 10.2. The second-order valence-electron chi connectivity index (χ2n) is 3.09. The average Bonchev–Trinajstić information content (AvgIpc) is 2.56. The molecule has 0 fully saturated rings. The molecule has 15 heavy (non-hydrogen) atoms. The molecule has 0 aliphatic rings. The van der Waals surface area contributed by atoms with Crippen molar-refractivity contribution in [3.63, 3.8) is 0 Å². The zero-order valence-corrected chi connectivity index (χ0v) is 9.39. The van der Waals surface area contributed by atoms with Crippen LogP contribution in [0.2, 0.25) is 0 Å². The van der Waals surface area contributed by atoms with Gasteiger partial charge in [0.2, 0.25) is 0 Å². The van der Waals surface area contributed by atoms with Crippen molar-refractivity contribution in [1.29, 1.82) is 5.26 Å². The van der Waals surface area contributed by atoms with Crippen LogP contribution in [-0.2, 0) is 0 Å². The zero-order chi connectivity index (χ0) is 10.8. The number of nitrogens with zero attached hydrogens (tertiary/aromatic N) is 2. The van der Waals surface area contributed by atoms with Crippen molar-refractivity contribution < 1.29 is 4.74 Å². The summed E-state index contributed by atoms with van der Waals surface area (Å²) in [7, 11) is 0. The molecule has 0 N–H and O–H groups in total. The second kappa shape index (κ2) is 3.87. The van der Waals surface area contributed by atoms with Crippen molar-refractivity contribution in [2.24, 2.45) is 0 Å². The Morgan fingerprint density at radius 2 is 2.33 bits per heavy atom. The van der Waals surface area contributed by atoms with Gasteiger partial charge in [-0.05, 0) is 19.9 Å². The molecule has 1 heterocycles. The summed E-state index contributed by atoms with van der Waals surface area (Å²) in [6, 6.07) is 5.81. The molecular weight excluding hydrogens is 208 g/mol. The van der Waals surface area contributed by atoms with Crippen molar-refractivity contribution in [2.45, 2.75) is 13.8 Å². The lowest BCUT2D eigenvalue weighted by Gasteiger charge is -2.04. The topological polar surface area (TPSA) is 45.9 Å². The van der Waals surface area contributed by atoms with E-state index in [4.69, 9.17) is 10.00 Å². The predicted molar refractivity (Wildman–Crippen MR) is 60.2 cm³/mol. The predicted octanol–water partition coefficient (Wildman–Crippen LogP) is 2.88. The highest BCUT2D eigenvalue weighted by Crippen LogP contribution is 2.29. The van der Waals surface area contributed by atoms with E-state index in [1.54, 1.807) is 11.3 Å². The summed E-state index contributed by atoms with van der Waals surface area (Å²) in [4.78, 5) is 4.36. The third-order valence-electron chi connectivity index (χ3n) is 2.02. The molecule has 0 saturated heterocycles.